The maximum Gasteiger partial charge on any atom is 0.340 e. The molecule has 1 unspecified atom stereocenters. The number of aryl methyl sites for hydroxylation is 1. The molecule has 112 valence electrons. The van der Waals surface area contributed by atoms with Crippen LogP contribution in [0.3, 0.4) is 0 Å². The van der Waals surface area contributed by atoms with Crippen LogP contribution in [0.4, 0.5) is 0 Å². The number of esters is 1. The normalized spacial score (nSPS) is 12.1. The fraction of sp³-hybridized carbons (Fsp3) is 0.600. The number of carbonyl (C=O) groups is 2. The zero-order chi connectivity index (χ0) is 15.3. The molecule has 1 aromatic heterocycles. The first kappa shape index (κ1) is 16.3. The lowest BCUT2D eigenvalue weighted by Crippen LogP contribution is -2.33. The molecule has 5 nitrogen and oxygen atoms in total. The van der Waals surface area contributed by atoms with E-state index in [1.807, 2.05) is 6.92 Å². The fourth-order valence-electron chi connectivity index (χ4n) is 2.29. The molecule has 2 N–H and O–H groups in total. The third-order valence-electron chi connectivity index (χ3n) is 3.24. The van der Waals surface area contributed by atoms with Gasteiger partial charge in [-0.3, -0.25) is 4.79 Å². The third kappa shape index (κ3) is 3.62. The fourth-order valence-corrected chi connectivity index (χ4v) is 2.29. The van der Waals surface area contributed by atoms with Crippen molar-refractivity contribution < 1.29 is 14.3 Å². The topological polar surface area (TPSA) is 71.2 Å². The van der Waals surface area contributed by atoms with Crippen LogP contribution in [0.25, 0.3) is 0 Å². The van der Waals surface area contributed by atoms with Crippen LogP contribution in [0, 0.1) is 13.8 Å². The predicted molar refractivity (Wildman–Crippen MR) is 78.1 cm³/mol. The summed E-state index contributed by atoms with van der Waals surface area (Å²) >= 11 is 0. The van der Waals surface area contributed by atoms with Crippen LogP contribution < -0.4 is 5.32 Å². The van der Waals surface area contributed by atoms with E-state index in [0.717, 1.165) is 12.8 Å². The zero-order valence-corrected chi connectivity index (χ0v) is 12.9. The molecule has 1 amide bonds. The number of nitrogens with one attached hydrogen (secondary N) is 2. The molecule has 0 aromatic carbocycles. The molecule has 0 spiro atoms. The van der Waals surface area contributed by atoms with Crippen molar-refractivity contribution in [3.05, 3.63) is 22.5 Å². The summed E-state index contributed by atoms with van der Waals surface area (Å²) in [6, 6.07) is 0.113. The van der Waals surface area contributed by atoms with Crippen LogP contribution in [0.5, 0.6) is 0 Å². The van der Waals surface area contributed by atoms with E-state index in [4.69, 9.17) is 4.74 Å². The average Bonchev–Trinajstić information content (AvgIpc) is 2.65. The molecule has 0 aliphatic carbocycles. The minimum Gasteiger partial charge on any atom is -0.462 e. The van der Waals surface area contributed by atoms with E-state index in [1.165, 1.54) is 0 Å². The first-order chi connectivity index (χ1) is 9.42. The number of aromatic nitrogens is 1. The molecule has 0 bridgehead atoms. The highest BCUT2D eigenvalue weighted by Crippen LogP contribution is 2.19. The quantitative estimate of drug-likeness (QED) is 0.787. The SMILES string of the molecule is CCCC(C)NC(=O)c1[nH]c(C)c(C(=O)OCC)c1C. The summed E-state index contributed by atoms with van der Waals surface area (Å²) in [5, 5.41) is 2.93. The van der Waals surface area contributed by atoms with Crippen molar-refractivity contribution in [3.63, 3.8) is 0 Å². The second kappa shape index (κ2) is 7.12. The Balaban J connectivity index is 2.95. The molecule has 0 radical (unpaired) electrons. The largest absolute Gasteiger partial charge is 0.462 e. The smallest absolute Gasteiger partial charge is 0.340 e. The Labute approximate surface area is 120 Å². The van der Waals surface area contributed by atoms with Crippen LogP contribution in [0.15, 0.2) is 0 Å². The molecule has 1 rings (SSSR count). The Kier molecular flexibility index (Phi) is 5.80. The lowest BCUT2D eigenvalue weighted by molar-refractivity contribution is 0.0525. The predicted octanol–water partition coefficient (Wildman–Crippen LogP) is 2.73. The Hall–Kier alpha value is -1.78. The minimum absolute atomic E-state index is 0.113. The van der Waals surface area contributed by atoms with Gasteiger partial charge in [0, 0.05) is 11.7 Å². The van der Waals surface area contributed by atoms with Gasteiger partial charge in [-0.15, -0.1) is 0 Å². The Bertz CT molecular complexity index is 492. The summed E-state index contributed by atoms with van der Waals surface area (Å²) in [5.41, 5.74) is 2.20. The molecular formula is C15H24N2O3. The maximum absolute atomic E-state index is 12.2. The second-order valence-electron chi connectivity index (χ2n) is 5.01. The second-order valence-corrected chi connectivity index (χ2v) is 5.01. The highest BCUT2D eigenvalue weighted by Gasteiger charge is 2.23. The van der Waals surface area contributed by atoms with Gasteiger partial charge in [0.25, 0.3) is 5.91 Å². The van der Waals surface area contributed by atoms with Crippen LogP contribution in [0.2, 0.25) is 0 Å². The van der Waals surface area contributed by atoms with E-state index in [2.05, 4.69) is 17.2 Å². The minimum atomic E-state index is -0.389. The summed E-state index contributed by atoms with van der Waals surface area (Å²) in [4.78, 5) is 27.1. The summed E-state index contributed by atoms with van der Waals surface area (Å²) in [6.07, 6.45) is 1.94. The molecule has 5 heteroatoms. The van der Waals surface area contributed by atoms with Gasteiger partial charge in [0.15, 0.2) is 0 Å². The van der Waals surface area contributed by atoms with Gasteiger partial charge in [0.1, 0.15) is 5.69 Å². The third-order valence-corrected chi connectivity index (χ3v) is 3.24. The number of carbonyl (C=O) groups excluding carboxylic acids is 2. The number of rotatable bonds is 6. The van der Waals surface area contributed by atoms with E-state index in [1.54, 1.807) is 20.8 Å². The molecule has 1 atom stereocenters. The molecule has 0 aliphatic heterocycles. The monoisotopic (exact) mass is 280 g/mol. The van der Waals surface area contributed by atoms with Crippen molar-refractivity contribution in [2.75, 3.05) is 6.61 Å². The standard InChI is InChI=1S/C15H24N2O3/c1-6-8-9(3)16-14(18)13-10(4)12(11(5)17-13)15(19)20-7-2/h9,17H,6-8H2,1-5H3,(H,16,18). The zero-order valence-electron chi connectivity index (χ0n) is 12.9. The van der Waals surface area contributed by atoms with Crippen molar-refractivity contribution in [1.82, 2.24) is 10.3 Å². The van der Waals surface area contributed by atoms with E-state index >= 15 is 0 Å². The van der Waals surface area contributed by atoms with Gasteiger partial charge in [-0.1, -0.05) is 13.3 Å². The van der Waals surface area contributed by atoms with Crippen molar-refractivity contribution in [1.29, 1.82) is 0 Å². The number of amides is 1. The molecule has 0 saturated carbocycles. The first-order valence-corrected chi connectivity index (χ1v) is 7.09. The van der Waals surface area contributed by atoms with Crippen molar-refractivity contribution in [3.8, 4) is 0 Å². The molecule has 0 fully saturated rings. The number of aromatic amines is 1. The molecule has 0 aliphatic rings. The van der Waals surface area contributed by atoms with Crippen molar-refractivity contribution in [2.45, 2.75) is 53.5 Å². The summed E-state index contributed by atoms with van der Waals surface area (Å²) < 4.78 is 5.01. The maximum atomic E-state index is 12.2. The van der Waals surface area contributed by atoms with Crippen LogP contribution in [-0.2, 0) is 4.74 Å². The highest BCUT2D eigenvalue weighted by atomic mass is 16.5. The number of hydrogen-bond acceptors (Lipinski definition) is 3. The Morgan fingerprint density at radius 1 is 1.30 bits per heavy atom. The van der Waals surface area contributed by atoms with Crippen LogP contribution >= 0.6 is 0 Å². The van der Waals surface area contributed by atoms with Crippen molar-refractivity contribution in [2.24, 2.45) is 0 Å². The Morgan fingerprint density at radius 2 is 1.95 bits per heavy atom. The molecule has 0 saturated heterocycles. The summed E-state index contributed by atoms with van der Waals surface area (Å²) in [7, 11) is 0. The van der Waals surface area contributed by atoms with Gasteiger partial charge in [0.2, 0.25) is 0 Å². The van der Waals surface area contributed by atoms with Crippen LogP contribution in [0.1, 0.15) is 65.7 Å². The highest BCUT2D eigenvalue weighted by molar-refractivity contribution is 6.00. The van der Waals surface area contributed by atoms with Crippen LogP contribution in [-0.4, -0.2) is 29.5 Å². The number of ether oxygens (including phenoxy) is 1. The lowest BCUT2D eigenvalue weighted by Gasteiger charge is -2.12. The molecule has 1 aromatic rings. The van der Waals surface area contributed by atoms with Gasteiger partial charge in [-0.2, -0.15) is 0 Å². The van der Waals surface area contributed by atoms with Gasteiger partial charge < -0.3 is 15.0 Å². The lowest BCUT2D eigenvalue weighted by atomic mass is 10.1. The van der Waals surface area contributed by atoms with E-state index in [9.17, 15) is 9.59 Å². The first-order valence-electron chi connectivity index (χ1n) is 7.09. The van der Waals surface area contributed by atoms with Gasteiger partial charge in [-0.25, -0.2) is 4.79 Å². The molecule has 20 heavy (non-hydrogen) atoms. The molecule has 1 heterocycles. The Morgan fingerprint density at radius 3 is 2.50 bits per heavy atom. The van der Waals surface area contributed by atoms with Gasteiger partial charge in [0.05, 0.1) is 12.2 Å². The van der Waals surface area contributed by atoms with E-state index < -0.39 is 0 Å². The average molecular weight is 280 g/mol. The van der Waals surface area contributed by atoms with Crippen molar-refractivity contribution >= 4 is 11.9 Å². The van der Waals surface area contributed by atoms with E-state index in [0.29, 0.717) is 29.1 Å². The summed E-state index contributed by atoms with van der Waals surface area (Å²) in [6.45, 7) is 9.65. The number of hydrogen-bond donors (Lipinski definition) is 2. The van der Waals surface area contributed by atoms with Gasteiger partial charge in [-0.05, 0) is 39.7 Å². The van der Waals surface area contributed by atoms with E-state index in [-0.39, 0.29) is 17.9 Å². The summed E-state index contributed by atoms with van der Waals surface area (Å²) in [5.74, 6) is -0.568. The van der Waals surface area contributed by atoms with Gasteiger partial charge >= 0.3 is 5.97 Å². The number of H-pyrrole nitrogens is 1. The molecular weight excluding hydrogens is 256 g/mol.